The molecule has 0 spiro atoms. The first-order valence-corrected chi connectivity index (χ1v) is 42.8. The lowest BCUT2D eigenvalue weighted by Crippen LogP contribution is -2.07. The van der Waals surface area contributed by atoms with E-state index < -0.39 is 85.0 Å². The lowest BCUT2D eigenvalue weighted by molar-refractivity contribution is 0.395. The Kier molecular flexibility index (Phi) is 28.5. The lowest BCUT2D eigenvalue weighted by atomic mass is 10.1. The maximum absolute atomic E-state index is 12.5. The molecular formula is C108H76O40. The van der Waals surface area contributed by atoms with Crippen LogP contribution in [0.15, 0.2) is 331 Å². The number of rotatable bonds is 10. The van der Waals surface area contributed by atoms with E-state index in [4.69, 9.17) is 45.1 Å². The third-order valence-corrected chi connectivity index (χ3v) is 21.9. The predicted molar refractivity (Wildman–Crippen MR) is 533 cm³/mol. The van der Waals surface area contributed by atoms with Gasteiger partial charge in [-0.3, -0.25) is 33.6 Å². The summed E-state index contributed by atoms with van der Waals surface area (Å²) >= 11 is 0. The van der Waals surface area contributed by atoms with Crippen LogP contribution in [-0.4, -0.2) is 139 Å². The van der Waals surface area contributed by atoms with E-state index >= 15 is 0 Å². The van der Waals surface area contributed by atoms with Crippen molar-refractivity contribution in [2.75, 3.05) is 21.3 Å². The van der Waals surface area contributed by atoms with E-state index in [0.717, 1.165) is 77.9 Å². The Morgan fingerprint density at radius 2 is 0.514 bits per heavy atom. The molecule has 0 saturated heterocycles. The summed E-state index contributed by atoms with van der Waals surface area (Å²) in [7, 11) is 4.35. The van der Waals surface area contributed by atoms with Crippen molar-refractivity contribution in [3.63, 3.8) is 0 Å². The molecule has 148 heavy (non-hydrogen) atoms. The van der Waals surface area contributed by atoms with Crippen molar-refractivity contribution in [2.45, 2.75) is 0 Å². The molecule has 21 rings (SSSR count). The van der Waals surface area contributed by atoms with Gasteiger partial charge in [0, 0.05) is 130 Å². The highest BCUT2D eigenvalue weighted by atomic mass is 16.5. The summed E-state index contributed by atoms with van der Waals surface area (Å²) < 4.78 is 53.6. The van der Waals surface area contributed by atoms with E-state index in [9.17, 15) is 151 Å². The van der Waals surface area contributed by atoms with Crippen LogP contribution in [0, 0.1) is 0 Å². The number of methoxy groups -OCH3 is 3. The van der Waals surface area contributed by atoms with Crippen LogP contribution >= 0.6 is 0 Å². The SMILES string of the molecule is COc1c(-c2ccc(O)c(O)c2)oc2cc(O)cc(O)c2c1=O.COc1ccc(-c2cc(=O)c3c(O)cc(O)cc3o2)cc1.COc1ccc(-c2oc3cc(O)cc(O)c3c(=O)c2O)cc1.O=c1c(O)c(-c2ccc(O)c(O)c2)oc2cc(O)cc(O)c12.O=c1c(O)c(-c2ccc(O)cc2O)oc2cc(O)cc(O)c12.O=c1cc(-c2ccccc2)oc2c(O)c(O)ccc12.O=c1cc(-c2ccccc2)oc2cc(O)cc(O)c12. The van der Waals surface area contributed by atoms with Gasteiger partial charge in [-0.15, -0.1) is 0 Å². The molecule has 0 bridgehead atoms. The highest BCUT2D eigenvalue weighted by molar-refractivity contribution is 5.94. The van der Waals surface area contributed by atoms with Crippen molar-refractivity contribution in [1.29, 1.82) is 0 Å². The molecule has 0 saturated carbocycles. The Labute approximate surface area is 823 Å². The molecule has 0 amide bonds. The van der Waals surface area contributed by atoms with Crippen LogP contribution < -0.4 is 52.2 Å². The standard InChI is InChI=1S/C16H12O7.C16H12O6.C16H12O5.2C15H10O7.2C15H10O4/c1-22-16-14(21)13-11(20)5-8(17)6-12(13)23-15(16)7-2-3-9(18)10(19)4-7;1-21-10-4-2-8(3-5-10)16-15(20)14(19)13-11(18)6-9(17)7-12(13)22-16;1-20-11-4-2-9(3-5-11)14-8-13(19)16-12(18)6-10(17)7-15(16)21-14;16-6-1-2-8(9(18)3-6)15-14(21)13(20)12-10(19)4-7(17)5-11(12)22-15;16-7-4-10(19)12-11(5-7)22-15(14(21)13(12)20)6-1-2-8(17)9(18)3-6;16-10-6-11(17)15-12(18)8-13(19-14(15)7-10)9-4-2-1-3-5-9;16-11-7-6-10-12(17)8-13(19-15(10)14(11)18)9-4-2-1-3-5-9/h2-6,17-20H,1H3;2-7,17-18,20H,1H3;2-8,17-18H,1H3;2*1-5,16-19,21H;1-8,16-17H;1-8,16,18H. The second-order valence-electron chi connectivity index (χ2n) is 31.7. The normalized spacial score (nSPS) is 10.8. The topological polar surface area (TPSA) is 704 Å². The quantitative estimate of drug-likeness (QED) is 0.0565. The number of phenols is 20. The molecule has 0 atom stereocenters. The third-order valence-electron chi connectivity index (χ3n) is 21.9. The molecule has 0 aliphatic rings. The monoisotopic (exact) mass is 2010 g/mol. The summed E-state index contributed by atoms with van der Waals surface area (Å²) in [5.41, 5.74) is -1.28. The lowest BCUT2D eigenvalue weighted by Gasteiger charge is -2.10. The van der Waals surface area contributed by atoms with Crippen LogP contribution in [0.1, 0.15) is 0 Å². The van der Waals surface area contributed by atoms with Crippen molar-refractivity contribution in [2.24, 2.45) is 0 Å². The van der Waals surface area contributed by atoms with Gasteiger partial charge in [0.2, 0.25) is 50.5 Å². The zero-order chi connectivity index (χ0) is 106. The van der Waals surface area contributed by atoms with E-state index in [-0.39, 0.29) is 208 Å². The molecule has 23 N–H and O–H groups in total. The zero-order valence-corrected chi connectivity index (χ0v) is 76.1. The number of hydrogen-bond acceptors (Lipinski definition) is 40. The number of phenolic OH excluding ortho intramolecular Hbond substituents is 20. The Morgan fingerprint density at radius 3 is 0.899 bits per heavy atom. The van der Waals surface area contributed by atoms with Crippen LogP contribution in [0.3, 0.4) is 0 Å². The van der Waals surface area contributed by atoms with Crippen molar-refractivity contribution >= 4 is 76.8 Å². The maximum Gasteiger partial charge on any atom is 0.239 e. The number of ether oxygens (including phenoxy) is 3. The Bertz CT molecular complexity index is 9250. The summed E-state index contributed by atoms with van der Waals surface area (Å²) in [4.78, 5) is 85.1. The van der Waals surface area contributed by atoms with Gasteiger partial charge in [0.25, 0.3) is 0 Å². The predicted octanol–water partition coefficient (Wildman–Crippen LogP) is 17.5. The van der Waals surface area contributed by atoms with E-state index in [2.05, 4.69) is 0 Å². The summed E-state index contributed by atoms with van der Waals surface area (Å²) in [5, 5.41) is 221. The molecule has 0 unspecified atom stereocenters. The number of aromatic hydroxyl groups is 23. The fraction of sp³-hybridized carbons (Fsp3) is 0.0278. The van der Waals surface area contributed by atoms with Crippen molar-refractivity contribution in [3.8, 4) is 229 Å². The second-order valence-corrected chi connectivity index (χ2v) is 31.7. The first kappa shape index (κ1) is 101. The minimum Gasteiger partial charge on any atom is -0.508 e. The van der Waals surface area contributed by atoms with E-state index in [1.54, 1.807) is 67.8 Å². The van der Waals surface area contributed by atoms with Crippen molar-refractivity contribution < 1.29 is 163 Å². The minimum atomic E-state index is -0.916. The molecule has 40 heteroatoms. The second kappa shape index (κ2) is 41.8. The van der Waals surface area contributed by atoms with Gasteiger partial charge in [-0.1, -0.05) is 60.7 Å². The van der Waals surface area contributed by atoms with E-state index in [0.29, 0.717) is 39.9 Å². The number of hydrogen-bond donors (Lipinski definition) is 23. The van der Waals surface area contributed by atoms with Gasteiger partial charge in [-0.2, -0.15) is 0 Å². The van der Waals surface area contributed by atoms with Crippen molar-refractivity contribution in [3.05, 3.63) is 338 Å². The van der Waals surface area contributed by atoms with E-state index in [1.165, 1.54) is 105 Å². The van der Waals surface area contributed by atoms with Gasteiger partial charge in [0.05, 0.1) is 32.3 Å². The summed E-state index contributed by atoms with van der Waals surface area (Å²) in [6.07, 6.45) is 0. The third kappa shape index (κ3) is 21.0. The fourth-order valence-electron chi connectivity index (χ4n) is 14.9. The average Bonchev–Trinajstić information content (AvgIpc) is 0.767. The Balaban J connectivity index is 0.000000129. The molecular weight excluding hydrogens is 1940 g/mol. The highest BCUT2D eigenvalue weighted by Gasteiger charge is 2.27. The van der Waals surface area contributed by atoms with Gasteiger partial charge in [-0.05, 0) is 109 Å². The Hall–Kier alpha value is -21.6. The van der Waals surface area contributed by atoms with Crippen LogP contribution in [0.25, 0.3) is 156 Å². The summed E-state index contributed by atoms with van der Waals surface area (Å²) in [5.74, 6) is -7.64. The molecule has 14 aromatic carbocycles. The van der Waals surface area contributed by atoms with Crippen LogP contribution in [0.2, 0.25) is 0 Å². The average molecular weight is 2010 g/mol. The fourth-order valence-corrected chi connectivity index (χ4v) is 14.9. The smallest absolute Gasteiger partial charge is 0.239 e. The molecule has 748 valence electrons. The molecule has 0 aliphatic heterocycles. The largest absolute Gasteiger partial charge is 0.508 e. The van der Waals surface area contributed by atoms with E-state index in [1.807, 2.05) is 48.5 Å². The number of benzene rings is 14. The Morgan fingerprint density at radius 1 is 0.203 bits per heavy atom. The van der Waals surface area contributed by atoms with Gasteiger partial charge >= 0.3 is 0 Å². The van der Waals surface area contributed by atoms with Crippen LogP contribution in [0.4, 0.5) is 0 Å². The van der Waals surface area contributed by atoms with Crippen LogP contribution in [0.5, 0.6) is 149 Å². The highest BCUT2D eigenvalue weighted by Crippen LogP contribution is 2.46. The molecule has 7 heterocycles. The van der Waals surface area contributed by atoms with Crippen molar-refractivity contribution in [1.82, 2.24) is 0 Å². The molecule has 0 aliphatic carbocycles. The molecule has 0 radical (unpaired) electrons. The molecule has 7 aromatic heterocycles. The molecule has 21 aromatic rings. The summed E-state index contributed by atoms with van der Waals surface area (Å²) in [6.45, 7) is 0. The maximum atomic E-state index is 12.5. The van der Waals surface area contributed by atoms with Crippen LogP contribution in [-0.2, 0) is 0 Å². The minimum absolute atomic E-state index is 0.00801. The van der Waals surface area contributed by atoms with Gasteiger partial charge in [0.1, 0.15) is 175 Å². The zero-order valence-electron chi connectivity index (χ0n) is 76.1. The molecule has 0 fully saturated rings. The van der Waals surface area contributed by atoms with Gasteiger partial charge < -0.3 is 163 Å². The van der Waals surface area contributed by atoms with Gasteiger partial charge in [0.15, 0.2) is 73.7 Å². The van der Waals surface area contributed by atoms with Gasteiger partial charge in [-0.25, -0.2) is 0 Å². The first-order valence-electron chi connectivity index (χ1n) is 42.8. The molecule has 40 nitrogen and oxygen atoms in total. The first-order chi connectivity index (χ1) is 70.6. The summed E-state index contributed by atoms with van der Waals surface area (Å²) in [6, 6.07) is 62.7. The number of fused-ring (bicyclic) bond motifs is 7.